The van der Waals surface area contributed by atoms with Crippen LogP contribution in [0.3, 0.4) is 0 Å². The summed E-state index contributed by atoms with van der Waals surface area (Å²) in [6.45, 7) is 0.282. The van der Waals surface area contributed by atoms with Gasteiger partial charge in [-0.3, -0.25) is 4.79 Å². The quantitative estimate of drug-likeness (QED) is 0.233. The van der Waals surface area contributed by atoms with Crippen molar-refractivity contribution in [2.75, 3.05) is 0 Å². The van der Waals surface area contributed by atoms with Crippen molar-refractivity contribution in [1.82, 2.24) is 9.55 Å². The Hall–Kier alpha value is -4.04. The number of carbonyl (C=O) groups is 2. The molecule has 0 unspecified atom stereocenters. The van der Waals surface area contributed by atoms with Crippen molar-refractivity contribution in [2.45, 2.75) is 38.6 Å². The van der Waals surface area contributed by atoms with Crippen molar-refractivity contribution >= 4 is 44.4 Å². The number of rotatable bonds is 10. The highest BCUT2D eigenvalue weighted by Gasteiger charge is 2.20. The minimum atomic E-state index is -1.01. The van der Waals surface area contributed by atoms with Crippen molar-refractivity contribution in [2.24, 2.45) is 0 Å². The molecule has 37 heavy (non-hydrogen) atoms. The minimum Gasteiger partial charge on any atom is -0.481 e. The zero-order valence-corrected chi connectivity index (χ0v) is 20.8. The van der Waals surface area contributed by atoms with E-state index >= 15 is 0 Å². The molecule has 0 saturated carbocycles. The van der Waals surface area contributed by atoms with Crippen LogP contribution in [0.1, 0.15) is 38.6 Å². The molecule has 8 heteroatoms. The fraction of sp³-hybridized carbons (Fsp3) is 0.207. The molecule has 0 saturated heterocycles. The number of benzene rings is 3. The van der Waals surface area contributed by atoms with Crippen LogP contribution in [0, 0.1) is 5.82 Å². The van der Waals surface area contributed by atoms with Crippen LogP contribution in [-0.2, 0) is 37.0 Å². The maximum absolute atomic E-state index is 13.4. The SMILES string of the molecule is O=C(O)CCn1c(CCc2nc3ccccc3s2)c(CCc2ccc(F)cc2)c2cc(C(=O)O)ccc21. The normalized spacial score (nSPS) is 11.4. The number of nitrogens with zero attached hydrogens (tertiary/aromatic N) is 2. The molecule has 0 radical (unpaired) electrons. The van der Waals surface area contributed by atoms with E-state index < -0.39 is 11.9 Å². The van der Waals surface area contributed by atoms with Crippen LogP contribution < -0.4 is 0 Å². The predicted molar refractivity (Wildman–Crippen MR) is 142 cm³/mol. The number of carboxylic acids is 2. The number of hydrogen-bond donors (Lipinski definition) is 2. The summed E-state index contributed by atoms with van der Waals surface area (Å²) in [6, 6.07) is 19.4. The van der Waals surface area contributed by atoms with E-state index in [0.29, 0.717) is 25.7 Å². The van der Waals surface area contributed by atoms with E-state index in [2.05, 4.69) is 0 Å². The molecule has 0 atom stereocenters. The first-order chi connectivity index (χ1) is 17.9. The van der Waals surface area contributed by atoms with Crippen LogP contribution >= 0.6 is 11.3 Å². The number of hydrogen-bond acceptors (Lipinski definition) is 4. The van der Waals surface area contributed by atoms with E-state index in [1.807, 2.05) is 28.8 Å². The minimum absolute atomic E-state index is 0.0456. The van der Waals surface area contributed by atoms with Crippen LogP contribution in [0.5, 0.6) is 0 Å². The van der Waals surface area contributed by atoms with Gasteiger partial charge in [-0.05, 0) is 72.9 Å². The van der Waals surface area contributed by atoms with Crippen LogP contribution in [0.25, 0.3) is 21.1 Å². The Morgan fingerprint density at radius 1 is 0.919 bits per heavy atom. The van der Waals surface area contributed by atoms with Gasteiger partial charge in [0.25, 0.3) is 0 Å². The first kappa shape index (κ1) is 24.6. The highest BCUT2D eigenvalue weighted by molar-refractivity contribution is 7.18. The van der Waals surface area contributed by atoms with Gasteiger partial charge in [0.2, 0.25) is 0 Å². The molecule has 2 heterocycles. The molecular weight excluding hydrogens is 491 g/mol. The van der Waals surface area contributed by atoms with Crippen molar-refractivity contribution in [3.63, 3.8) is 0 Å². The molecule has 0 fully saturated rings. The second-order valence-corrected chi connectivity index (χ2v) is 10.1. The number of para-hydroxylation sites is 1. The Morgan fingerprint density at radius 3 is 2.43 bits per heavy atom. The van der Waals surface area contributed by atoms with Crippen molar-refractivity contribution < 1.29 is 24.2 Å². The van der Waals surface area contributed by atoms with Gasteiger partial charge in [0, 0.05) is 29.6 Å². The van der Waals surface area contributed by atoms with Crippen LogP contribution in [0.15, 0.2) is 66.7 Å². The lowest BCUT2D eigenvalue weighted by atomic mass is 9.99. The lowest BCUT2D eigenvalue weighted by molar-refractivity contribution is -0.137. The van der Waals surface area contributed by atoms with E-state index in [4.69, 9.17) is 4.98 Å². The topological polar surface area (TPSA) is 92.4 Å². The summed E-state index contributed by atoms with van der Waals surface area (Å²) in [4.78, 5) is 28.0. The van der Waals surface area contributed by atoms with Gasteiger partial charge in [-0.25, -0.2) is 14.2 Å². The Kier molecular flexibility index (Phi) is 7.01. The number of aromatic nitrogens is 2. The van der Waals surface area contributed by atoms with Crippen LogP contribution in [0.4, 0.5) is 4.39 Å². The van der Waals surface area contributed by atoms with Crippen molar-refractivity contribution in [1.29, 1.82) is 0 Å². The fourth-order valence-corrected chi connectivity index (χ4v) is 5.78. The monoisotopic (exact) mass is 516 g/mol. The summed E-state index contributed by atoms with van der Waals surface area (Å²) < 4.78 is 16.6. The van der Waals surface area contributed by atoms with Crippen LogP contribution in [-0.4, -0.2) is 31.7 Å². The molecule has 5 rings (SSSR count). The lowest BCUT2D eigenvalue weighted by Crippen LogP contribution is -2.10. The highest BCUT2D eigenvalue weighted by atomic mass is 32.1. The molecular formula is C29H25FN2O4S. The number of aliphatic carboxylic acids is 1. The number of aromatic carboxylic acids is 1. The first-order valence-electron chi connectivity index (χ1n) is 12.1. The zero-order chi connectivity index (χ0) is 25.9. The molecule has 3 aromatic carbocycles. The third kappa shape index (κ3) is 5.39. The fourth-order valence-electron chi connectivity index (χ4n) is 4.81. The molecule has 0 bridgehead atoms. The summed E-state index contributed by atoms with van der Waals surface area (Å²) in [5.74, 6) is -2.20. The summed E-state index contributed by atoms with van der Waals surface area (Å²) in [5.41, 5.74) is 4.91. The standard InChI is InChI=1S/C29H25FN2O4S/c30-20-9-5-18(6-10-20)7-11-21-22-17-19(29(35)36)8-12-25(22)32(16-15-28(33)34)24(21)13-14-27-31-23-3-1-2-4-26(23)37-27/h1-6,8-10,12,17H,7,11,13-16H2,(H,33,34)(H,35,36). The maximum atomic E-state index is 13.4. The van der Waals surface area contributed by atoms with Gasteiger partial charge in [0.05, 0.1) is 27.2 Å². The number of carboxylic acid groups (broad SMARTS) is 2. The average Bonchev–Trinajstić information content (AvgIpc) is 3.43. The van der Waals surface area contributed by atoms with Gasteiger partial charge < -0.3 is 14.8 Å². The van der Waals surface area contributed by atoms with Gasteiger partial charge >= 0.3 is 11.9 Å². The number of halogens is 1. The van der Waals surface area contributed by atoms with E-state index in [-0.39, 0.29) is 24.3 Å². The van der Waals surface area contributed by atoms with Gasteiger partial charge in [0.1, 0.15) is 5.82 Å². The average molecular weight is 517 g/mol. The molecule has 0 aliphatic heterocycles. The molecule has 0 amide bonds. The number of fused-ring (bicyclic) bond motifs is 2. The maximum Gasteiger partial charge on any atom is 0.335 e. The van der Waals surface area contributed by atoms with Gasteiger partial charge in [-0.15, -0.1) is 11.3 Å². The molecule has 0 spiro atoms. The zero-order valence-electron chi connectivity index (χ0n) is 20.0. The number of aryl methyl sites for hydroxylation is 4. The molecule has 188 valence electrons. The molecule has 0 aliphatic carbocycles. The van der Waals surface area contributed by atoms with Crippen LogP contribution in [0.2, 0.25) is 0 Å². The predicted octanol–water partition coefficient (Wildman–Crippen LogP) is 6.13. The second kappa shape index (κ2) is 10.5. The second-order valence-electron chi connectivity index (χ2n) is 8.96. The molecule has 2 aromatic heterocycles. The van der Waals surface area contributed by atoms with E-state index in [1.165, 1.54) is 12.1 Å². The van der Waals surface area contributed by atoms with Gasteiger partial charge in [-0.1, -0.05) is 24.3 Å². The molecule has 0 aliphatic rings. The first-order valence-corrected chi connectivity index (χ1v) is 12.9. The lowest BCUT2D eigenvalue weighted by Gasteiger charge is -2.11. The highest BCUT2D eigenvalue weighted by Crippen LogP contribution is 2.31. The summed E-state index contributed by atoms with van der Waals surface area (Å²) in [6.07, 6.45) is 2.52. The summed E-state index contributed by atoms with van der Waals surface area (Å²) in [5, 5.41) is 20.8. The van der Waals surface area contributed by atoms with Gasteiger partial charge in [0.15, 0.2) is 0 Å². The largest absolute Gasteiger partial charge is 0.481 e. The molecule has 2 N–H and O–H groups in total. The van der Waals surface area contributed by atoms with E-state index in [9.17, 15) is 24.2 Å². The van der Waals surface area contributed by atoms with Gasteiger partial charge in [-0.2, -0.15) is 0 Å². The Labute approximate surface area is 216 Å². The Morgan fingerprint density at radius 2 is 1.70 bits per heavy atom. The molecule has 6 nitrogen and oxygen atoms in total. The van der Waals surface area contributed by atoms with E-state index in [0.717, 1.165) is 42.9 Å². The Balaban J connectivity index is 1.56. The number of thiazole rings is 1. The third-order valence-electron chi connectivity index (χ3n) is 6.57. The summed E-state index contributed by atoms with van der Waals surface area (Å²) >= 11 is 1.64. The smallest absolute Gasteiger partial charge is 0.335 e. The molecule has 5 aromatic rings. The van der Waals surface area contributed by atoms with E-state index in [1.54, 1.807) is 41.7 Å². The van der Waals surface area contributed by atoms with Crippen molar-refractivity contribution in [3.8, 4) is 0 Å². The summed E-state index contributed by atoms with van der Waals surface area (Å²) in [7, 11) is 0. The van der Waals surface area contributed by atoms with Crippen molar-refractivity contribution in [3.05, 3.63) is 99.9 Å². The Bertz CT molecular complexity index is 1570. The third-order valence-corrected chi connectivity index (χ3v) is 7.67.